The van der Waals surface area contributed by atoms with Crippen LogP contribution in [0.15, 0.2) is 21.3 Å². The summed E-state index contributed by atoms with van der Waals surface area (Å²) in [7, 11) is 0. The van der Waals surface area contributed by atoms with Gasteiger partial charge in [-0.05, 0) is 70.4 Å². The van der Waals surface area contributed by atoms with E-state index in [1.807, 2.05) is 13.8 Å². The molecule has 0 aliphatic heterocycles. The molecule has 2 aliphatic rings. The van der Waals surface area contributed by atoms with Gasteiger partial charge in [-0.3, -0.25) is 9.59 Å². The van der Waals surface area contributed by atoms with Gasteiger partial charge < -0.3 is 9.73 Å². The second-order valence-electron chi connectivity index (χ2n) is 7.56. The smallest absolute Gasteiger partial charge is 0.267 e. The van der Waals surface area contributed by atoms with Gasteiger partial charge in [0.15, 0.2) is 0 Å². The maximum absolute atomic E-state index is 12.4. The van der Waals surface area contributed by atoms with Crippen molar-refractivity contribution in [3.63, 3.8) is 0 Å². The lowest BCUT2D eigenvalue weighted by Crippen LogP contribution is -2.39. The van der Waals surface area contributed by atoms with Gasteiger partial charge in [0.1, 0.15) is 11.5 Å². The van der Waals surface area contributed by atoms with Crippen molar-refractivity contribution in [2.45, 2.75) is 70.9 Å². The largest absolute Gasteiger partial charge is 0.466 e. The molecule has 1 fully saturated rings. The Morgan fingerprint density at radius 3 is 2.65 bits per heavy atom. The summed E-state index contributed by atoms with van der Waals surface area (Å²) >= 11 is 0. The van der Waals surface area contributed by atoms with Gasteiger partial charge in [-0.1, -0.05) is 0 Å². The third kappa shape index (κ3) is 3.20. The number of amides is 1. The van der Waals surface area contributed by atoms with Crippen molar-refractivity contribution < 1.29 is 9.21 Å². The number of rotatable bonds is 3. The van der Waals surface area contributed by atoms with E-state index in [9.17, 15) is 9.59 Å². The zero-order valence-corrected chi connectivity index (χ0v) is 15.4. The molecule has 0 aromatic carbocycles. The summed E-state index contributed by atoms with van der Waals surface area (Å²) in [6.45, 7) is 3.65. The van der Waals surface area contributed by atoms with E-state index in [1.165, 1.54) is 0 Å². The van der Waals surface area contributed by atoms with Crippen molar-refractivity contribution in [2.75, 3.05) is 0 Å². The number of nitrogens with one attached hydrogen (secondary N) is 1. The van der Waals surface area contributed by atoms with Crippen LogP contribution in [-0.2, 0) is 12.8 Å². The number of fused-ring (bicyclic) bond motifs is 1. The van der Waals surface area contributed by atoms with Crippen LogP contribution in [0.4, 0.5) is 0 Å². The van der Waals surface area contributed by atoms with Crippen LogP contribution in [0.1, 0.15) is 71.3 Å². The van der Waals surface area contributed by atoms with E-state index in [-0.39, 0.29) is 23.6 Å². The maximum atomic E-state index is 12.4. The molecule has 4 rings (SSSR count). The lowest BCUT2D eigenvalue weighted by Gasteiger charge is -2.29. The molecule has 6 nitrogen and oxygen atoms in total. The van der Waals surface area contributed by atoms with E-state index >= 15 is 0 Å². The predicted octanol–water partition coefficient (Wildman–Crippen LogP) is 2.86. The van der Waals surface area contributed by atoms with Crippen molar-refractivity contribution in [1.29, 1.82) is 0 Å². The van der Waals surface area contributed by atoms with Crippen LogP contribution < -0.4 is 10.9 Å². The van der Waals surface area contributed by atoms with Gasteiger partial charge in [0.05, 0.1) is 17.3 Å². The Bertz CT molecular complexity index is 888. The van der Waals surface area contributed by atoms with Gasteiger partial charge in [-0.25, -0.2) is 4.68 Å². The molecule has 138 valence electrons. The first-order valence-corrected chi connectivity index (χ1v) is 9.51. The fraction of sp³-hybridized carbons (Fsp3) is 0.550. The molecule has 0 radical (unpaired) electrons. The molecule has 1 saturated carbocycles. The highest BCUT2D eigenvalue weighted by atomic mass is 16.3. The average molecular weight is 355 g/mol. The number of carbonyl (C=O) groups is 1. The first-order chi connectivity index (χ1) is 12.5. The van der Waals surface area contributed by atoms with Crippen LogP contribution in [0.2, 0.25) is 0 Å². The number of furan rings is 1. The number of aromatic nitrogens is 2. The molecule has 26 heavy (non-hydrogen) atoms. The summed E-state index contributed by atoms with van der Waals surface area (Å²) in [4.78, 5) is 24.8. The first-order valence-electron chi connectivity index (χ1n) is 9.51. The number of aryl methyl sites for hydroxylation is 4. The molecule has 0 unspecified atom stereocenters. The summed E-state index contributed by atoms with van der Waals surface area (Å²) in [6, 6.07) is 3.83. The molecule has 2 heterocycles. The fourth-order valence-electron chi connectivity index (χ4n) is 4.26. The Hall–Kier alpha value is -2.37. The van der Waals surface area contributed by atoms with Gasteiger partial charge in [0, 0.05) is 12.1 Å². The Balaban J connectivity index is 1.39. The molecule has 1 N–H and O–H groups in total. The summed E-state index contributed by atoms with van der Waals surface area (Å²) in [5.74, 6) is 1.33. The molecular formula is C20H25N3O3. The lowest BCUT2D eigenvalue weighted by molar-refractivity contribution is 0.0919. The van der Waals surface area contributed by atoms with Gasteiger partial charge in [-0.2, -0.15) is 5.10 Å². The van der Waals surface area contributed by atoms with Gasteiger partial charge in [0.25, 0.3) is 11.5 Å². The van der Waals surface area contributed by atoms with E-state index in [2.05, 4.69) is 10.4 Å². The van der Waals surface area contributed by atoms with Crippen LogP contribution in [0.5, 0.6) is 0 Å². The predicted molar refractivity (Wildman–Crippen MR) is 97.5 cm³/mol. The van der Waals surface area contributed by atoms with E-state index < -0.39 is 0 Å². The fourth-order valence-corrected chi connectivity index (χ4v) is 4.26. The quantitative estimate of drug-likeness (QED) is 0.918. The molecule has 2 aromatic heterocycles. The molecule has 0 saturated heterocycles. The minimum absolute atomic E-state index is 0.0163. The summed E-state index contributed by atoms with van der Waals surface area (Å²) in [6.07, 6.45) is 6.49. The molecular weight excluding hydrogens is 330 g/mol. The summed E-state index contributed by atoms with van der Waals surface area (Å²) < 4.78 is 7.13. The number of carbonyl (C=O) groups excluding carboxylic acids is 1. The topological polar surface area (TPSA) is 77.1 Å². The number of nitrogens with zero attached hydrogens (tertiary/aromatic N) is 2. The minimum atomic E-state index is -0.0735. The second-order valence-corrected chi connectivity index (χ2v) is 7.56. The molecule has 0 atom stereocenters. The van der Waals surface area contributed by atoms with Crippen LogP contribution >= 0.6 is 0 Å². The Labute approximate surface area is 152 Å². The van der Waals surface area contributed by atoms with Crippen LogP contribution in [-0.4, -0.2) is 21.7 Å². The lowest BCUT2D eigenvalue weighted by atomic mass is 9.91. The van der Waals surface area contributed by atoms with Crippen LogP contribution in [0.25, 0.3) is 0 Å². The van der Waals surface area contributed by atoms with Gasteiger partial charge in [-0.15, -0.1) is 0 Å². The molecule has 2 aromatic rings. The Morgan fingerprint density at radius 2 is 1.96 bits per heavy atom. The van der Waals surface area contributed by atoms with Crippen molar-refractivity contribution >= 4 is 5.91 Å². The number of hydrogen-bond donors (Lipinski definition) is 1. The zero-order valence-electron chi connectivity index (χ0n) is 15.4. The molecule has 0 spiro atoms. The monoisotopic (exact) mass is 355 g/mol. The maximum Gasteiger partial charge on any atom is 0.267 e. The van der Waals surface area contributed by atoms with Crippen molar-refractivity contribution in [2.24, 2.45) is 0 Å². The average Bonchev–Trinajstić information content (AvgIpc) is 3.20. The van der Waals surface area contributed by atoms with Crippen molar-refractivity contribution in [3.05, 3.63) is 50.8 Å². The van der Waals surface area contributed by atoms with E-state index in [4.69, 9.17) is 4.42 Å². The van der Waals surface area contributed by atoms with Gasteiger partial charge >= 0.3 is 0 Å². The summed E-state index contributed by atoms with van der Waals surface area (Å²) in [5, 5.41) is 7.74. The number of hydrogen-bond acceptors (Lipinski definition) is 4. The van der Waals surface area contributed by atoms with E-state index in [0.29, 0.717) is 11.3 Å². The first kappa shape index (κ1) is 17.1. The zero-order chi connectivity index (χ0) is 18.3. The van der Waals surface area contributed by atoms with Crippen LogP contribution in [0.3, 0.4) is 0 Å². The highest BCUT2D eigenvalue weighted by Gasteiger charge is 2.27. The summed E-state index contributed by atoms with van der Waals surface area (Å²) in [5.41, 5.74) is 2.84. The molecule has 2 aliphatic carbocycles. The highest BCUT2D eigenvalue weighted by molar-refractivity contribution is 5.95. The van der Waals surface area contributed by atoms with Crippen LogP contribution in [0, 0.1) is 13.8 Å². The molecule has 6 heteroatoms. The Kier molecular flexibility index (Phi) is 4.42. The van der Waals surface area contributed by atoms with E-state index in [1.54, 1.807) is 16.8 Å². The Morgan fingerprint density at radius 1 is 1.19 bits per heavy atom. The highest BCUT2D eigenvalue weighted by Crippen LogP contribution is 2.28. The third-order valence-electron chi connectivity index (χ3n) is 5.65. The standard InChI is InChI=1S/C20H25N3O3/c1-12-10-17(13(2)26-12)20(25)21-15-6-8-16(9-7-15)23-19(24)11-14-4-3-5-18(14)22-23/h10-11,15-16H,3-9H2,1-2H3,(H,21,25). The SMILES string of the molecule is Cc1cc(C(=O)NC2CCC(n3nc4c(cc3=O)CCC4)CC2)c(C)o1. The van der Waals surface area contributed by atoms with Crippen molar-refractivity contribution in [1.82, 2.24) is 15.1 Å². The molecule has 1 amide bonds. The third-order valence-corrected chi connectivity index (χ3v) is 5.65. The molecule has 0 bridgehead atoms. The minimum Gasteiger partial charge on any atom is -0.466 e. The van der Waals surface area contributed by atoms with Crippen molar-refractivity contribution in [3.8, 4) is 0 Å². The second kappa shape index (κ2) is 6.74. The van der Waals surface area contributed by atoms with E-state index in [0.717, 1.165) is 62.0 Å². The normalized spacial score (nSPS) is 22.2. The van der Waals surface area contributed by atoms with Gasteiger partial charge in [0.2, 0.25) is 0 Å².